The van der Waals surface area contributed by atoms with E-state index in [4.69, 9.17) is 5.73 Å². The van der Waals surface area contributed by atoms with E-state index in [-0.39, 0.29) is 18.0 Å². The Balaban J connectivity index is 2.07. The summed E-state index contributed by atoms with van der Waals surface area (Å²) in [7, 11) is 0. The minimum atomic E-state index is -0.453. The summed E-state index contributed by atoms with van der Waals surface area (Å²) in [6.45, 7) is 1.71. The number of halogens is 1. The minimum absolute atomic E-state index is 0.0358. The zero-order valence-electron chi connectivity index (χ0n) is 11.9. The lowest BCUT2D eigenvalue weighted by atomic mass is 9.95. The number of hydrogen-bond acceptors (Lipinski definition) is 3. The molecule has 2 aromatic rings. The minimum Gasteiger partial charge on any atom is -0.369 e. The van der Waals surface area contributed by atoms with E-state index in [2.05, 4.69) is 0 Å². The van der Waals surface area contributed by atoms with Crippen molar-refractivity contribution in [1.82, 2.24) is 0 Å². The summed E-state index contributed by atoms with van der Waals surface area (Å²) in [5, 5.41) is 0. The van der Waals surface area contributed by atoms with E-state index in [1.54, 1.807) is 31.2 Å². The van der Waals surface area contributed by atoms with Crippen molar-refractivity contribution in [2.75, 3.05) is 0 Å². The van der Waals surface area contributed by atoms with Crippen LogP contribution in [0.3, 0.4) is 0 Å². The van der Waals surface area contributed by atoms with Crippen LogP contribution in [-0.4, -0.2) is 11.7 Å². The molecule has 2 aromatic carbocycles. The van der Waals surface area contributed by atoms with Crippen LogP contribution in [0.2, 0.25) is 0 Å². The summed E-state index contributed by atoms with van der Waals surface area (Å²) < 4.78 is 13.4. The van der Waals surface area contributed by atoms with Crippen molar-refractivity contribution in [3.8, 4) is 0 Å². The molecule has 0 saturated heterocycles. The predicted octanol–water partition coefficient (Wildman–Crippen LogP) is 3.30. The second-order valence-electron chi connectivity index (χ2n) is 5.33. The molecule has 1 heterocycles. The van der Waals surface area contributed by atoms with E-state index in [0.717, 1.165) is 20.9 Å². The molecule has 1 amide bonds. The highest BCUT2D eigenvalue weighted by atomic mass is 32.2. The summed E-state index contributed by atoms with van der Waals surface area (Å²) in [5.74, 6) is -1.24. The fourth-order valence-electron chi connectivity index (χ4n) is 2.44. The third kappa shape index (κ3) is 2.64. The Morgan fingerprint density at radius 1 is 1.23 bits per heavy atom. The van der Waals surface area contributed by atoms with Crippen LogP contribution >= 0.6 is 11.8 Å². The number of nitrogens with two attached hydrogens (primary N) is 1. The number of Topliss-reactive ketones (excluding diaryl/α,β-unsaturated/α-hetero) is 1. The summed E-state index contributed by atoms with van der Waals surface area (Å²) in [5.41, 5.74) is 7.42. The van der Waals surface area contributed by atoms with Gasteiger partial charge in [0, 0.05) is 21.8 Å². The maximum Gasteiger partial charge on any atom is 0.224 e. The van der Waals surface area contributed by atoms with Crippen LogP contribution in [-0.2, 0) is 11.2 Å². The van der Waals surface area contributed by atoms with Crippen molar-refractivity contribution in [3.05, 3.63) is 58.9 Å². The van der Waals surface area contributed by atoms with Crippen molar-refractivity contribution in [2.24, 2.45) is 5.73 Å². The number of ketones is 1. The fourth-order valence-corrected chi connectivity index (χ4v) is 3.54. The maximum absolute atomic E-state index is 13.4. The Morgan fingerprint density at radius 2 is 2.00 bits per heavy atom. The lowest BCUT2D eigenvalue weighted by Gasteiger charge is -2.11. The van der Waals surface area contributed by atoms with E-state index in [1.807, 2.05) is 0 Å². The van der Waals surface area contributed by atoms with Gasteiger partial charge in [-0.1, -0.05) is 23.9 Å². The Hall–Kier alpha value is -2.14. The number of fused-ring (bicyclic) bond motifs is 2. The van der Waals surface area contributed by atoms with Gasteiger partial charge in [-0.3, -0.25) is 9.59 Å². The molecule has 0 radical (unpaired) electrons. The highest BCUT2D eigenvalue weighted by Gasteiger charge is 2.22. The van der Waals surface area contributed by atoms with E-state index in [1.165, 1.54) is 23.9 Å². The smallest absolute Gasteiger partial charge is 0.224 e. The standard InChI is InChI=1S/C17H14FNO2S/c1-9(17(19)21)10-3-5-15-13(6-10)14(20)7-11-2-4-12(18)8-16(11)22-15/h2-6,8-9H,7H2,1H3,(H2,19,21). The Morgan fingerprint density at radius 3 is 2.73 bits per heavy atom. The van der Waals surface area contributed by atoms with Crippen LogP contribution in [0.5, 0.6) is 0 Å². The predicted molar refractivity (Wildman–Crippen MR) is 82.6 cm³/mol. The molecule has 0 bridgehead atoms. The average Bonchev–Trinajstić information content (AvgIpc) is 2.62. The van der Waals surface area contributed by atoms with Crippen LogP contribution in [0.4, 0.5) is 4.39 Å². The van der Waals surface area contributed by atoms with Crippen molar-refractivity contribution in [1.29, 1.82) is 0 Å². The highest BCUT2D eigenvalue weighted by Crippen LogP contribution is 2.38. The lowest BCUT2D eigenvalue weighted by molar-refractivity contribution is -0.119. The number of carbonyl (C=O) groups is 2. The van der Waals surface area contributed by atoms with E-state index in [0.29, 0.717) is 5.56 Å². The fraction of sp³-hybridized carbons (Fsp3) is 0.176. The molecule has 22 heavy (non-hydrogen) atoms. The third-order valence-electron chi connectivity index (χ3n) is 3.83. The first-order chi connectivity index (χ1) is 10.5. The van der Waals surface area contributed by atoms with Crippen molar-refractivity contribution >= 4 is 23.5 Å². The monoisotopic (exact) mass is 315 g/mol. The Bertz CT molecular complexity index is 788. The molecule has 0 fully saturated rings. The van der Waals surface area contributed by atoms with E-state index >= 15 is 0 Å². The molecule has 112 valence electrons. The number of primary amides is 1. The normalized spacial score (nSPS) is 14.7. The highest BCUT2D eigenvalue weighted by molar-refractivity contribution is 7.99. The maximum atomic E-state index is 13.4. The second-order valence-corrected chi connectivity index (χ2v) is 6.42. The number of benzene rings is 2. The first-order valence-corrected chi connectivity index (χ1v) is 7.70. The largest absolute Gasteiger partial charge is 0.369 e. The SMILES string of the molecule is CC(C(N)=O)c1ccc2c(c1)C(=O)Cc1ccc(F)cc1S2. The van der Waals surface area contributed by atoms with Gasteiger partial charge in [-0.25, -0.2) is 4.39 Å². The van der Waals surface area contributed by atoms with Crippen LogP contribution in [0.1, 0.15) is 34.3 Å². The van der Waals surface area contributed by atoms with Crippen LogP contribution in [0, 0.1) is 5.82 Å². The summed E-state index contributed by atoms with van der Waals surface area (Å²) in [6, 6.07) is 9.77. The molecule has 0 aliphatic carbocycles. The van der Waals surface area contributed by atoms with Gasteiger partial charge in [0.1, 0.15) is 5.82 Å². The van der Waals surface area contributed by atoms with Crippen molar-refractivity contribution < 1.29 is 14.0 Å². The van der Waals surface area contributed by atoms with Gasteiger partial charge >= 0.3 is 0 Å². The molecule has 1 atom stereocenters. The summed E-state index contributed by atoms with van der Waals surface area (Å²) in [6.07, 6.45) is 0.226. The number of carbonyl (C=O) groups excluding carboxylic acids is 2. The summed E-state index contributed by atoms with van der Waals surface area (Å²) in [4.78, 5) is 25.3. The molecule has 0 spiro atoms. The van der Waals surface area contributed by atoms with Gasteiger partial charge in [-0.05, 0) is 42.3 Å². The first kappa shape index (κ1) is 14.8. The van der Waals surface area contributed by atoms with Gasteiger partial charge in [0.25, 0.3) is 0 Å². The Kier molecular flexibility index (Phi) is 3.74. The van der Waals surface area contributed by atoms with Crippen LogP contribution in [0.15, 0.2) is 46.2 Å². The van der Waals surface area contributed by atoms with Crippen LogP contribution in [0.25, 0.3) is 0 Å². The van der Waals surface area contributed by atoms with Gasteiger partial charge in [-0.2, -0.15) is 0 Å². The molecule has 0 saturated carbocycles. The molecule has 1 aliphatic heterocycles. The quantitative estimate of drug-likeness (QED) is 0.925. The third-order valence-corrected chi connectivity index (χ3v) is 5.01. The first-order valence-electron chi connectivity index (χ1n) is 6.88. The number of rotatable bonds is 2. The summed E-state index contributed by atoms with van der Waals surface area (Å²) >= 11 is 1.37. The molecule has 2 N–H and O–H groups in total. The van der Waals surface area contributed by atoms with Crippen molar-refractivity contribution in [2.45, 2.75) is 29.1 Å². The van der Waals surface area contributed by atoms with Crippen molar-refractivity contribution in [3.63, 3.8) is 0 Å². The second kappa shape index (κ2) is 5.57. The van der Waals surface area contributed by atoms with Gasteiger partial charge in [0.15, 0.2) is 5.78 Å². The van der Waals surface area contributed by atoms with Gasteiger partial charge in [0.2, 0.25) is 5.91 Å². The average molecular weight is 315 g/mol. The molecule has 5 heteroatoms. The van der Waals surface area contributed by atoms with Crippen LogP contribution < -0.4 is 5.73 Å². The molecular weight excluding hydrogens is 301 g/mol. The zero-order valence-corrected chi connectivity index (χ0v) is 12.7. The van der Waals surface area contributed by atoms with Gasteiger partial charge in [0.05, 0.1) is 5.92 Å². The molecule has 1 unspecified atom stereocenters. The molecule has 0 aromatic heterocycles. The van der Waals surface area contributed by atoms with E-state index in [9.17, 15) is 14.0 Å². The molecule has 1 aliphatic rings. The Labute approximate surface area is 131 Å². The van der Waals surface area contributed by atoms with Gasteiger partial charge < -0.3 is 5.73 Å². The molecular formula is C17H14FNO2S. The topological polar surface area (TPSA) is 60.2 Å². The van der Waals surface area contributed by atoms with Gasteiger partial charge in [-0.15, -0.1) is 0 Å². The van der Waals surface area contributed by atoms with E-state index < -0.39 is 11.8 Å². The molecule has 3 nitrogen and oxygen atoms in total. The number of hydrogen-bond donors (Lipinski definition) is 1. The number of amides is 1. The lowest BCUT2D eigenvalue weighted by Crippen LogP contribution is -2.19. The molecule has 3 rings (SSSR count). The zero-order chi connectivity index (χ0) is 15.9.